The number of para-hydroxylation sites is 1. The smallest absolute Gasteiger partial charge is 0.270 e. The van der Waals surface area contributed by atoms with Crippen molar-refractivity contribution in [3.63, 3.8) is 0 Å². The first kappa shape index (κ1) is 22.1. The van der Waals surface area contributed by atoms with Crippen molar-refractivity contribution in [3.8, 4) is 0 Å². The molecule has 170 valence electrons. The minimum atomic E-state index is -0.0918. The molecular formula is C29H19ClN2OS2. The number of carbonyl (C=O) groups excluding carboxylic acids is 1. The summed E-state index contributed by atoms with van der Waals surface area (Å²) in [6, 6.07) is 30.1. The van der Waals surface area contributed by atoms with Crippen LogP contribution in [0.5, 0.6) is 0 Å². The fourth-order valence-electron chi connectivity index (χ4n) is 4.53. The highest BCUT2D eigenvalue weighted by atomic mass is 35.5. The van der Waals surface area contributed by atoms with Crippen molar-refractivity contribution in [3.05, 3.63) is 118 Å². The Labute approximate surface area is 217 Å². The van der Waals surface area contributed by atoms with E-state index in [9.17, 15) is 4.79 Å². The van der Waals surface area contributed by atoms with E-state index in [1.54, 1.807) is 4.90 Å². The van der Waals surface area contributed by atoms with Crippen LogP contribution in [0.15, 0.2) is 102 Å². The van der Waals surface area contributed by atoms with E-state index in [1.165, 1.54) is 11.8 Å². The maximum atomic E-state index is 13.6. The van der Waals surface area contributed by atoms with Gasteiger partial charge in [0.2, 0.25) is 0 Å². The van der Waals surface area contributed by atoms with Crippen LogP contribution < -0.4 is 4.90 Å². The maximum Gasteiger partial charge on any atom is 0.270 e. The first-order valence-electron chi connectivity index (χ1n) is 11.2. The molecule has 3 nitrogen and oxygen atoms in total. The summed E-state index contributed by atoms with van der Waals surface area (Å²) in [5.41, 5.74) is 4.08. The number of hydrogen-bond donors (Lipinski definition) is 0. The van der Waals surface area contributed by atoms with Gasteiger partial charge in [-0.2, -0.15) is 0 Å². The molecule has 4 aromatic carbocycles. The molecule has 0 radical (unpaired) electrons. The third-order valence-electron chi connectivity index (χ3n) is 6.17. The molecule has 6 heteroatoms. The average molecular weight is 511 g/mol. The van der Waals surface area contributed by atoms with Gasteiger partial charge >= 0.3 is 0 Å². The first-order valence-corrected chi connectivity index (χ1v) is 12.8. The van der Waals surface area contributed by atoms with Gasteiger partial charge < -0.3 is 4.57 Å². The summed E-state index contributed by atoms with van der Waals surface area (Å²) in [6.45, 7) is 0.711. The zero-order valence-electron chi connectivity index (χ0n) is 18.5. The normalized spacial score (nSPS) is 15.1. The van der Waals surface area contributed by atoms with Gasteiger partial charge in [-0.15, -0.1) is 0 Å². The Bertz CT molecular complexity index is 1650. The molecule has 0 bridgehead atoms. The lowest BCUT2D eigenvalue weighted by Crippen LogP contribution is -2.27. The quantitative estimate of drug-likeness (QED) is 0.181. The molecule has 0 N–H and O–H groups in total. The molecule has 1 aliphatic rings. The van der Waals surface area contributed by atoms with Crippen molar-refractivity contribution < 1.29 is 4.79 Å². The van der Waals surface area contributed by atoms with Gasteiger partial charge in [-0.25, -0.2) is 0 Å². The Balaban J connectivity index is 1.39. The molecule has 1 saturated heterocycles. The molecule has 5 aromatic rings. The summed E-state index contributed by atoms with van der Waals surface area (Å²) in [5, 5.41) is 3.90. The van der Waals surface area contributed by atoms with E-state index in [0.717, 1.165) is 43.5 Å². The Morgan fingerprint density at radius 2 is 1.57 bits per heavy atom. The number of anilines is 1. The van der Waals surface area contributed by atoms with Crippen LogP contribution in [-0.2, 0) is 11.3 Å². The van der Waals surface area contributed by atoms with Gasteiger partial charge in [0.25, 0.3) is 5.91 Å². The van der Waals surface area contributed by atoms with Crippen LogP contribution in [0.1, 0.15) is 11.1 Å². The van der Waals surface area contributed by atoms with Gasteiger partial charge in [-0.3, -0.25) is 9.69 Å². The molecule has 2 heterocycles. The predicted molar refractivity (Wildman–Crippen MR) is 152 cm³/mol. The van der Waals surface area contributed by atoms with Gasteiger partial charge in [-0.1, -0.05) is 102 Å². The lowest BCUT2D eigenvalue weighted by molar-refractivity contribution is -0.113. The third kappa shape index (κ3) is 4.06. The van der Waals surface area contributed by atoms with E-state index in [4.69, 9.17) is 23.8 Å². The van der Waals surface area contributed by atoms with Crippen LogP contribution in [-0.4, -0.2) is 14.8 Å². The van der Waals surface area contributed by atoms with Crippen molar-refractivity contribution in [1.82, 2.24) is 4.57 Å². The van der Waals surface area contributed by atoms with E-state index in [2.05, 4.69) is 22.9 Å². The number of nitrogens with zero attached hydrogens (tertiary/aromatic N) is 2. The largest absolute Gasteiger partial charge is 0.342 e. The second kappa shape index (κ2) is 9.00. The van der Waals surface area contributed by atoms with Crippen molar-refractivity contribution in [1.29, 1.82) is 0 Å². The molecule has 0 unspecified atom stereocenters. The highest BCUT2D eigenvalue weighted by Crippen LogP contribution is 2.39. The van der Waals surface area contributed by atoms with Crippen molar-refractivity contribution in [2.45, 2.75) is 6.54 Å². The Kier molecular flexibility index (Phi) is 5.69. The highest BCUT2D eigenvalue weighted by Gasteiger charge is 2.34. The predicted octanol–water partition coefficient (Wildman–Crippen LogP) is 7.90. The van der Waals surface area contributed by atoms with E-state index >= 15 is 0 Å². The van der Waals surface area contributed by atoms with Gasteiger partial charge in [-0.05, 0) is 41.3 Å². The van der Waals surface area contributed by atoms with Gasteiger partial charge in [0, 0.05) is 39.6 Å². The van der Waals surface area contributed by atoms with Crippen LogP contribution in [0.2, 0.25) is 5.02 Å². The summed E-state index contributed by atoms with van der Waals surface area (Å²) >= 11 is 13.1. The monoisotopic (exact) mass is 510 g/mol. The highest BCUT2D eigenvalue weighted by molar-refractivity contribution is 8.27. The number of benzene rings is 4. The second-order valence-corrected chi connectivity index (χ2v) is 10.5. The van der Waals surface area contributed by atoms with Crippen molar-refractivity contribution in [2.75, 3.05) is 4.90 Å². The Hall–Kier alpha value is -3.38. The van der Waals surface area contributed by atoms with E-state index < -0.39 is 0 Å². The molecule has 1 aliphatic heterocycles. The molecule has 6 rings (SSSR count). The van der Waals surface area contributed by atoms with Gasteiger partial charge in [0.05, 0.1) is 10.6 Å². The van der Waals surface area contributed by atoms with Crippen molar-refractivity contribution >= 4 is 79.2 Å². The standard InChI is InChI=1S/C29H19ClN2OS2/c30-22-14-12-19(13-15-22)17-31-18-21(24-9-3-4-10-25(24)31)16-27-28(33)32(29(34)35-27)26-11-5-7-20-6-1-2-8-23(20)26/h1-16,18H,17H2/b27-16+. The molecule has 1 fully saturated rings. The molecule has 0 aliphatic carbocycles. The average Bonchev–Trinajstić information content (AvgIpc) is 3.36. The number of thiocarbonyl (C=S) groups is 1. The molecule has 0 saturated carbocycles. The molecule has 0 atom stereocenters. The summed E-state index contributed by atoms with van der Waals surface area (Å²) in [7, 11) is 0. The maximum absolute atomic E-state index is 13.6. The summed E-state index contributed by atoms with van der Waals surface area (Å²) in [6.07, 6.45) is 4.06. The molecule has 1 aromatic heterocycles. The molecule has 1 amide bonds. The van der Waals surface area contributed by atoms with Gasteiger partial charge in [0.1, 0.15) is 0 Å². The molecule has 0 spiro atoms. The second-order valence-electron chi connectivity index (χ2n) is 8.37. The Morgan fingerprint density at radius 3 is 2.40 bits per heavy atom. The first-order chi connectivity index (χ1) is 17.1. The molecular weight excluding hydrogens is 492 g/mol. The number of amides is 1. The lowest BCUT2D eigenvalue weighted by Gasteiger charge is -2.17. The summed E-state index contributed by atoms with van der Waals surface area (Å²) in [5.74, 6) is -0.0918. The van der Waals surface area contributed by atoms with Crippen LogP contribution >= 0.6 is 35.6 Å². The van der Waals surface area contributed by atoms with E-state index in [0.29, 0.717) is 15.8 Å². The minimum Gasteiger partial charge on any atom is -0.342 e. The number of thioether (sulfide) groups is 1. The lowest BCUT2D eigenvalue weighted by atomic mass is 10.1. The number of rotatable bonds is 4. The van der Waals surface area contributed by atoms with Crippen molar-refractivity contribution in [2.24, 2.45) is 0 Å². The fourth-order valence-corrected chi connectivity index (χ4v) is 5.93. The van der Waals surface area contributed by atoms with E-state index in [-0.39, 0.29) is 5.91 Å². The summed E-state index contributed by atoms with van der Waals surface area (Å²) < 4.78 is 2.75. The van der Waals surface area contributed by atoms with E-state index in [1.807, 2.05) is 84.9 Å². The van der Waals surface area contributed by atoms with Crippen LogP contribution in [0.4, 0.5) is 5.69 Å². The zero-order chi connectivity index (χ0) is 23.9. The van der Waals surface area contributed by atoms with Crippen LogP contribution in [0.3, 0.4) is 0 Å². The SMILES string of the molecule is O=C1/C(=C\c2cn(Cc3ccc(Cl)cc3)c3ccccc23)SC(=S)N1c1cccc2ccccc12. The fraction of sp³-hybridized carbons (Fsp3) is 0.0345. The Morgan fingerprint density at radius 1 is 0.857 bits per heavy atom. The van der Waals surface area contributed by atoms with Crippen LogP contribution in [0.25, 0.3) is 27.8 Å². The summed E-state index contributed by atoms with van der Waals surface area (Å²) in [4.78, 5) is 15.8. The number of carbonyl (C=O) groups is 1. The van der Waals surface area contributed by atoms with Gasteiger partial charge in [0.15, 0.2) is 4.32 Å². The third-order valence-corrected chi connectivity index (χ3v) is 7.73. The number of aromatic nitrogens is 1. The molecule has 35 heavy (non-hydrogen) atoms. The zero-order valence-corrected chi connectivity index (χ0v) is 20.9. The van der Waals surface area contributed by atoms with Crippen LogP contribution in [0, 0.1) is 0 Å². The number of halogens is 1. The number of fused-ring (bicyclic) bond motifs is 2. The minimum absolute atomic E-state index is 0.0918. The number of hydrogen-bond acceptors (Lipinski definition) is 3. The topological polar surface area (TPSA) is 25.2 Å².